The van der Waals surface area contributed by atoms with Crippen molar-refractivity contribution in [1.82, 2.24) is 0 Å². The van der Waals surface area contributed by atoms with Crippen molar-refractivity contribution in [2.24, 2.45) is 0 Å². The average Bonchev–Trinajstić information content (AvgIpc) is 2.86. The molecular weight excluding hydrogens is 269 g/mol. The molecule has 0 saturated carbocycles. The quantitative estimate of drug-likeness (QED) is 0.908. The van der Waals surface area contributed by atoms with Gasteiger partial charge in [-0.2, -0.15) is 0 Å². The monoisotopic (exact) mass is 287 g/mol. The van der Waals surface area contributed by atoms with Crippen LogP contribution >= 0.6 is 0 Å². The maximum absolute atomic E-state index is 13.4. The number of hydrogen-bond donors (Lipinski definition) is 2. The second kappa shape index (κ2) is 5.37. The van der Waals surface area contributed by atoms with Crippen molar-refractivity contribution in [2.75, 3.05) is 19.0 Å². The summed E-state index contributed by atoms with van der Waals surface area (Å²) in [6.45, 7) is -0.0519. The minimum Gasteiger partial charge on any atom is -0.495 e. The van der Waals surface area contributed by atoms with Crippen LogP contribution in [0.1, 0.15) is 17.5 Å². The fourth-order valence-electron chi connectivity index (χ4n) is 3.06. The molecule has 1 unspecified atom stereocenters. The third kappa shape index (κ3) is 2.36. The van der Waals surface area contributed by atoms with Crippen molar-refractivity contribution >= 4 is 5.69 Å². The van der Waals surface area contributed by atoms with E-state index in [0.29, 0.717) is 0 Å². The molecule has 1 aliphatic rings. The average molecular weight is 287 g/mol. The van der Waals surface area contributed by atoms with Crippen LogP contribution in [0.4, 0.5) is 10.1 Å². The molecule has 0 aliphatic heterocycles. The number of halogens is 1. The van der Waals surface area contributed by atoms with E-state index in [4.69, 9.17) is 4.74 Å². The Morgan fingerprint density at radius 2 is 2.10 bits per heavy atom. The smallest absolute Gasteiger partial charge is 0.141 e. The second-order valence-electron chi connectivity index (χ2n) is 5.37. The molecule has 0 heterocycles. The van der Waals surface area contributed by atoms with E-state index >= 15 is 0 Å². The van der Waals surface area contributed by atoms with Gasteiger partial charge >= 0.3 is 0 Å². The van der Waals surface area contributed by atoms with Crippen LogP contribution in [-0.2, 0) is 12.0 Å². The molecule has 3 nitrogen and oxygen atoms in total. The first-order valence-electron chi connectivity index (χ1n) is 6.99. The third-order valence-corrected chi connectivity index (χ3v) is 4.15. The lowest BCUT2D eigenvalue weighted by atomic mass is 9.92. The first kappa shape index (κ1) is 13.9. The van der Waals surface area contributed by atoms with Crippen molar-refractivity contribution < 1.29 is 14.2 Å². The van der Waals surface area contributed by atoms with Gasteiger partial charge in [-0.1, -0.05) is 18.2 Å². The predicted octanol–water partition coefficient (Wildman–Crippen LogP) is 3.08. The Morgan fingerprint density at radius 1 is 1.29 bits per heavy atom. The number of aryl methyl sites for hydroxylation is 1. The van der Waals surface area contributed by atoms with Crippen molar-refractivity contribution in [2.45, 2.75) is 18.4 Å². The molecule has 1 aliphatic carbocycles. The van der Waals surface area contributed by atoms with E-state index in [1.807, 2.05) is 24.3 Å². The van der Waals surface area contributed by atoms with Crippen LogP contribution in [0.5, 0.6) is 5.75 Å². The van der Waals surface area contributed by atoms with Crippen LogP contribution < -0.4 is 10.1 Å². The number of ether oxygens (including phenoxy) is 1. The van der Waals surface area contributed by atoms with E-state index in [1.54, 1.807) is 19.2 Å². The number of nitrogens with one attached hydrogen (secondary N) is 1. The molecule has 3 rings (SSSR count). The van der Waals surface area contributed by atoms with E-state index < -0.39 is 5.54 Å². The molecule has 21 heavy (non-hydrogen) atoms. The van der Waals surface area contributed by atoms with Crippen LogP contribution in [0.25, 0.3) is 0 Å². The number of anilines is 1. The topological polar surface area (TPSA) is 41.5 Å². The Balaban J connectivity index is 2.00. The van der Waals surface area contributed by atoms with Gasteiger partial charge in [0, 0.05) is 0 Å². The van der Waals surface area contributed by atoms with Gasteiger partial charge in [0.1, 0.15) is 11.6 Å². The number of rotatable bonds is 4. The predicted molar refractivity (Wildman–Crippen MR) is 80.1 cm³/mol. The van der Waals surface area contributed by atoms with E-state index in [-0.39, 0.29) is 12.4 Å². The van der Waals surface area contributed by atoms with Crippen molar-refractivity contribution in [1.29, 1.82) is 0 Å². The van der Waals surface area contributed by atoms with Crippen LogP contribution in [0, 0.1) is 5.82 Å². The van der Waals surface area contributed by atoms with E-state index in [9.17, 15) is 9.50 Å². The Labute approximate surface area is 123 Å². The highest BCUT2D eigenvalue weighted by molar-refractivity contribution is 5.60. The summed E-state index contributed by atoms with van der Waals surface area (Å²) in [6, 6.07) is 12.3. The van der Waals surface area contributed by atoms with Gasteiger partial charge in [-0.3, -0.25) is 0 Å². The molecule has 2 N–H and O–H groups in total. The maximum atomic E-state index is 13.4. The van der Waals surface area contributed by atoms with Gasteiger partial charge in [0.15, 0.2) is 0 Å². The second-order valence-corrected chi connectivity index (χ2v) is 5.37. The molecule has 0 bridgehead atoms. The Hall–Kier alpha value is -2.07. The molecule has 2 aromatic rings. The summed E-state index contributed by atoms with van der Waals surface area (Å²) < 4.78 is 18.7. The molecule has 0 aromatic heterocycles. The molecule has 0 amide bonds. The number of aliphatic hydroxyl groups excluding tert-OH is 1. The van der Waals surface area contributed by atoms with E-state index in [0.717, 1.165) is 35.4 Å². The van der Waals surface area contributed by atoms with E-state index in [1.165, 1.54) is 6.07 Å². The summed E-state index contributed by atoms with van der Waals surface area (Å²) >= 11 is 0. The lowest BCUT2D eigenvalue weighted by Gasteiger charge is -2.31. The molecule has 4 heteroatoms. The zero-order valence-corrected chi connectivity index (χ0v) is 11.9. The van der Waals surface area contributed by atoms with Crippen molar-refractivity contribution in [3.63, 3.8) is 0 Å². The van der Waals surface area contributed by atoms with Gasteiger partial charge < -0.3 is 15.2 Å². The SMILES string of the molecule is COc1ccccc1NC1(CO)CCc2cc(F)ccc21. The highest BCUT2D eigenvalue weighted by Crippen LogP contribution is 2.41. The van der Waals surface area contributed by atoms with Crippen LogP contribution in [0.2, 0.25) is 0 Å². The molecule has 110 valence electrons. The zero-order chi connectivity index (χ0) is 14.9. The number of para-hydroxylation sites is 2. The van der Waals surface area contributed by atoms with Crippen molar-refractivity contribution in [3.05, 3.63) is 59.4 Å². The molecule has 0 spiro atoms. The number of methoxy groups -OCH3 is 1. The summed E-state index contributed by atoms with van der Waals surface area (Å²) in [7, 11) is 1.62. The number of benzene rings is 2. The maximum Gasteiger partial charge on any atom is 0.141 e. The molecule has 0 fully saturated rings. The van der Waals surface area contributed by atoms with Crippen LogP contribution in [-0.4, -0.2) is 18.8 Å². The van der Waals surface area contributed by atoms with Gasteiger partial charge in [-0.05, 0) is 48.2 Å². The Morgan fingerprint density at radius 3 is 2.86 bits per heavy atom. The summed E-state index contributed by atoms with van der Waals surface area (Å²) in [6.07, 6.45) is 1.47. The molecule has 0 saturated heterocycles. The number of aliphatic hydroxyl groups is 1. The van der Waals surface area contributed by atoms with Gasteiger partial charge in [0.25, 0.3) is 0 Å². The lowest BCUT2D eigenvalue weighted by Crippen LogP contribution is -2.37. The molecule has 2 aromatic carbocycles. The fourth-order valence-corrected chi connectivity index (χ4v) is 3.06. The Kier molecular flexibility index (Phi) is 3.55. The third-order valence-electron chi connectivity index (χ3n) is 4.15. The fraction of sp³-hybridized carbons (Fsp3) is 0.294. The summed E-state index contributed by atoms with van der Waals surface area (Å²) in [4.78, 5) is 0. The summed E-state index contributed by atoms with van der Waals surface area (Å²) in [5, 5.41) is 13.4. The first-order chi connectivity index (χ1) is 10.2. The van der Waals surface area contributed by atoms with Gasteiger partial charge in [0.2, 0.25) is 0 Å². The first-order valence-corrected chi connectivity index (χ1v) is 6.99. The minimum absolute atomic E-state index is 0.0519. The highest BCUT2D eigenvalue weighted by atomic mass is 19.1. The standard InChI is InChI=1S/C17H18FNO2/c1-21-16-5-3-2-4-15(16)19-17(11-20)9-8-12-10-13(18)6-7-14(12)17/h2-7,10,19-20H,8-9,11H2,1H3. The van der Waals surface area contributed by atoms with Gasteiger partial charge in [-0.15, -0.1) is 0 Å². The van der Waals surface area contributed by atoms with Gasteiger partial charge in [0.05, 0.1) is 24.9 Å². The lowest BCUT2D eigenvalue weighted by molar-refractivity contribution is 0.211. The Bertz CT molecular complexity index is 659. The van der Waals surface area contributed by atoms with Crippen LogP contribution in [0.3, 0.4) is 0 Å². The van der Waals surface area contributed by atoms with Crippen LogP contribution in [0.15, 0.2) is 42.5 Å². The minimum atomic E-state index is -0.586. The number of fused-ring (bicyclic) bond motifs is 1. The number of hydrogen-bond acceptors (Lipinski definition) is 3. The summed E-state index contributed by atoms with van der Waals surface area (Å²) in [5.74, 6) is 0.487. The molecule has 0 radical (unpaired) electrons. The van der Waals surface area contributed by atoms with Crippen molar-refractivity contribution in [3.8, 4) is 5.75 Å². The normalized spacial score (nSPS) is 20.1. The summed E-state index contributed by atoms with van der Waals surface area (Å²) in [5.41, 5.74) is 2.15. The molecule has 1 atom stereocenters. The zero-order valence-electron chi connectivity index (χ0n) is 11.9. The highest BCUT2D eigenvalue weighted by Gasteiger charge is 2.38. The molecular formula is C17H18FNO2. The van der Waals surface area contributed by atoms with Gasteiger partial charge in [-0.25, -0.2) is 4.39 Å². The van der Waals surface area contributed by atoms with E-state index in [2.05, 4.69) is 5.32 Å². The largest absolute Gasteiger partial charge is 0.495 e.